The number of nitrogens with zero attached hydrogens (tertiary/aromatic N) is 2. The molecule has 18 heavy (non-hydrogen) atoms. The second kappa shape index (κ2) is 6.53. The number of piperidine rings is 1. The minimum atomic E-state index is 0.386. The first-order valence-corrected chi connectivity index (χ1v) is 6.61. The Morgan fingerprint density at radius 3 is 2.72 bits per heavy atom. The summed E-state index contributed by atoms with van der Waals surface area (Å²) in [7, 11) is 0. The van der Waals surface area contributed by atoms with Crippen molar-refractivity contribution in [1.29, 1.82) is 0 Å². The van der Waals surface area contributed by atoms with Gasteiger partial charge in [-0.05, 0) is 37.5 Å². The summed E-state index contributed by atoms with van der Waals surface area (Å²) >= 11 is 0. The van der Waals surface area contributed by atoms with Crippen molar-refractivity contribution in [2.45, 2.75) is 31.8 Å². The first-order chi connectivity index (χ1) is 8.79. The second-order valence-electron chi connectivity index (χ2n) is 4.92. The maximum atomic E-state index is 5.34. The fourth-order valence-electron chi connectivity index (χ4n) is 2.49. The Bertz CT molecular complexity index is 388. The van der Waals surface area contributed by atoms with E-state index in [0.29, 0.717) is 12.1 Å². The van der Waals surface area contributed by atoms with Crippen LogP contribution < -0.4 is 5.32 Å². The van der Waals surface area contributed by atoms with Gasteiger partial charge in [-0.15, -0.1) is 6.42 Å². The van der Waals surface area contributed by atoms with Crippen molar-refractivity contribution in [2.75, 3.05) is 19.6 Å². The monoisotopic (exact) mass is 243 g/mol. The molecular weight excluding hydrogens is 222 g/mol. The van der Waals surface area contributed by atoms with E-state index in [-0.39, 0.29) is 0 Å². The quantitative estimate of drug-likeness (QED) is 0.818. The van der Waals surface area contributed by atoms with Gasteiger partial charge in [0.05, 0.1) is 6.54 Å². The van der Waals surface area contributed by atoms with E-state index >= 15 is 0 Å². The maximum absolute atomic E-state index is 5.34. The van der Waals surface area contributed by atoms with Gasteiger partial charge in [-0.3, -0.25) is 9.88 Å². The highest BCUT2D eigenvalue weighted by Gasteiger charge is 2.20. The molecule has 0 spiro atoms. The zero-order valence-electron chi connectivity index (χ0n) is 11.0. The molecule has 3 nitrogen and oxygen atoms in total. The van der Waals surface area contributed by atoms with Gasteiger partial charge in [-0.25, -0.2) is 0 Å². The summed E-state index contributed by atoms with van der Waals surface area (Å²) in [4.78, 5) is 6.39. The second-order valence-corrected chi connectivity index (χ2v) is 4.92. The Hall–Kier alpha value is -1.37. The van der Waals surface area contributed by atoms with Gasteiger partial charge in [0.25, 0.3) is 0 Å². The van der Waals surface area contributed by atoms with Gasteiger partial charge in [0.2, 0.25) is 0 Å². The Labute approximate surface area is 110 Å². The molecule has 1 fully saturated rings. The Morgan fingerprint density at radius 2 is 2.11 bits per heavy atom. The molecule has 0 aromatic carbocycles. The zero-order chi connectivity index (χ0) is 12.8. The van der Waals surface area contributed by atoms with Crippen LogP contribution >= 0.6 is 0 Å². The summed E-state index contributed by atoms with van der Waals surface area (Å²) in [5.41, 5.74) is 1.30. The highest BCUT2D eigenvalue weighted by Crippen LogP contribution is 2.16. The Balaban J connectivity index is 1.80. The van der Waals surface area contributed by atoms with Crippen LogP contribution in [0.1, 0.15) is 31.4 Å². The molecule has 1 aromatic rings. The predicted molar refractivity (Wildman–Crippen MR) is 74.1 cm³/mol. The lowest BCUT2D eigenvalue weighted by atomic mass is 10.0. The molecule has 96 valence electrons. The lowest BCUT2D eigenvalue weighted by molar-refractivity contribution is 0.211. The van der Waals surface area contributed by atoms with Crippen LogP contribution in [0.4, 0.5) is 0 Å². The number of aromatic nitrogens is 1. The highest BCUT2D eigenvalue weighted by molar-refractivity contribution is 5.14. The Morgan fingerprint density at radius 1 is 1.44 bits per heavy atom. The van der Waals surface area contributed by atoms with Crippen LogP contribution in [0.15, 0.2) is 24.5 Å². The number of terminal acetylenes is 1. The minimum absolute atomic E-state index is 0.386. The van der Waals surface area contributed by atoms with E-state index in [4.69, 9.17) is 6.42 Å². The molecule has 1 aliphatic heterocycles. The van der Waals surface area contributed by atoms with Crippen molar-refractivity contribution in [2.24, 2.45) is 0 Å². The molecule has 1 N–H and O–H groups in total. The van der Waals surface area contributed by atoms with Crippen molar-refractivity contribution in [3.63, 3.8) is 0 Å². The van der Waals surface area contributed by atoms with E-state index in [0.717, 1.165) is 19.6 Å². The molecule has 0 saturated carbocycles. The van der Waals surface area contributed by atoms with Crippen molar-refractivity contribution >= 4 is 0 Å². The maximum Gasteiger partial charge on any atom is 0.0598 e. The molecule has 3 heteroatoms. The molecule has 1 saturated heterocycles. The predicted octanol–water partition coefficient (Wildman–Crippen LogP) is 1.83. The van der Waals surface area contributed by atoms with Crippen LogP contribution in [0.2, 0.25) is 0 Å². The lowest BCUT2D eigenvalue weighted by Gasteiger charge is -2.33. The third kappa shape index (κ3) is 3.56. The average Bonchev–Trinajstić information content (AvgIpc) is 2.42. The van der Waals surface area contributed by atoms with Gasteiger partial charge in [0, 0.05) is 37.6 Å². The van der Waals surface area contributed by atoms with Gasteiger partial charge in [0.1, 0.15) is 0 Å². The van der Waals surface area contributed by atoms with Crippen molar-refractivity contribution in [1.82, 2.24) is 15.2 Å². The normalized spacial score (nSPS) is 19.3. The molecule has 0 unspecified atom stereocenters. The number of rotatable bonds is 4. The van der Waals surface area contributed by atoms with E-state index in [9.17, 15) is 0 Å². The van der Waals surface area contributed by atoms with Gasteiger partial charge in [0.15, 0.2) is 0 Å². The van der Waals surface area contributed by atoms with Crippen molar-refractivity contribution in [3.05, 3.63) is 30.1 Å². The number of likely N-dealkylation sites (tertiary alicyclic amines) is 1. The third-order valence-corrected chi connectivity index (χ3v) is 3.59. The summed E-state index contributed by atoms with van der Waals surface area (Å²) in [6.45, 7) is 5.20. The molecule has 0 radical (unpaired) electrons. The molecule has 0 bridgehead atoms. The lowest BCUT2D eigenvalue weighted by Crippen LogP contribution is -2.43. The van der Waals surface area contributed by atoms with Crippen molar-refractivity contribution in [3.8, 4) is 12.3 Å². The fourth-order valence-corrected chi connectivity index (χ4v) is 2.49. The smallest absolute Gasteiger partial charge is 0.0598 e. The molecule has 1 atom stereocenters. The van der Waals surface area contributed by atoms with E-state index in [2.05, 4.69) is 40.2 Å². The highest BCUT2D eigenvalue weighted by atomic mass is 15.1. The first-order valence-electron chi connectivity index (χ1n) is 6.61. The van der Waals surface area contributed by atoms with E-state index in [1.165, 1.54) is 18.4 Å². The molecule has 1 aliphatic rings. The minimum Gasteiger partial charge on any atom is -0.307 e. The van der Waals surface area contributed by atoms with Crippen LogP contribution in [-0.4, -0.2) is 35.6 Å². The standard InChI is InChI=1S/C15H21N3/c1-3-10-18-11-6-15(7-12-18)17-13(2)14-4-8-16-9-5-14/h1,4-5,8-9,13,15,17H,6-7,10-12H2,2H3/t13-/m1/s1. The van der Waals surface area contributed by atoms with Gasteiger partial charge in [-0.1, -0.05) is 5.92 Å². The van der Waals surface area contributed by atoms with Gasteiger partial charge < -0.3 is 5.32 Å². The third-order valence-electron chi connectivity index (χ3n) is 3.59. The first kappa shape index (κ1) is 13.1. The number of pyridine rings is 1. The Kier molecular flexibility index (Phi) is 4.74. The van der Waals surface area contributed by atoms with E-state index in [1.54, 1.807) is 0 Å². The van der Waals surface area contributed by atoms with Crippen LogP contribution in [0.3, 0.4) is 0 Å². The molecular formula is C15H21N3. The summed E-state index contributed by atoms with van der Waals surface area (Å²) < 4.78 is 0. The van der Waals surface area contributed by atoms with Crippen LogP contribution in [0.5, 0.6) is 0 Å². The van der Waals surface area contributed by atoms with Gasteiger partial charge >= 0.3 is 0 Å². The SMILES string of the molecule is C#CCN1CCC(N[C@H](C)c2ccncc2)CC1. The van der Waals surface area contributed by atoms with Crippen LogP contribution in [0.25, 0.3) is 0 Å². The average molecular weight is 243 g/mol. The summed E-state index contributed by atoms with van der Waals surface area (Å²) in [5, 5.41) is 3.69. The van der Waals surface area contributed by atoms with Crippen molar-refractivity contribution < 1.29 is 0 Å². The number of nitrogens with one attached hydrogen (secondary N) is 1. The van der Waals surface area contributed by atoms with Gasteiger partial charge in [-0.2, -0.15) is 0 Å². The summed E-state index contributed by atoms with van der Waals surface area (Å²) in [6.07, 6.45) is 11.4. The largest absolute Gasteiger partial charge is 0.307 e. The van der Waals surface area contributed by atoms with E-state index in [1.807, 2.05) is 12.4 Å². The number of hydrogen-bond donors (Lipinski definition) is 1. The molecule has 0 amide bonds. The number of hydrogen-bond acceptors (Lipinski definition) is 3. The molecule has 2 rings (SSSR count). The van der Waals surface area contributed by atoms with E-state index < -0.39 is 0 Å². The van der Waals surface area contributed by atoms with Crippen LogP contribution in [0, 0.1) is 12.3 Å². The summed E-state index contributed by atoms with van der Waals surface area (Å²) in [5.74, 6) is 2.72. The molecule has 2 heterocycles. The molecule has 0 aliphatic carbocycles. The topological polar surface area (TPSA) is 28.2 Å². The molecule has 1 aromatic heterocycles. The fraction of sp³-hybridized carbons (Fsp3) is 0.533. The van der Waals surface area contributed by atoms with Crippen LogP contribution in [-0.2, 0) is 0 Å². The zero-order valence-corrected chi connectivity index (χ0v) is 11.0. The summed E-state index contributed by atoms with van der Waals surface area (Å²) in [6, 6.07) is 5.13.